The summed E-state index contributed by atoms with van der Waals surface area (Å²) >= 11 is 7.27. The molecule has 9 heteroatoms. The molecule has 1 saturated carbocycles. The van der Waals surface area contributed by atoms with E-state index < -0.39 is 0 Å². The highest BCUT2D eigenvalue weighted by molar-refractivity contribution is 9.10. The zero-order valence-electron chi connectivity index (χ0n) is 17.9. The molecule has 0 aromatic rings. The summed E-state index contributed by atoms with van der Waals surface area (Å²) in [6, 6.07) is 0. The second-order valence-electron chi connectivity index (χ2n) is 7.43. The first-order valence-electron chi connectivity index (χ1n) is 10.8. The van der Waals surface area contributed by atoms with Crippen LogP contribution >= 0.6 is 31.9 Å². The highest BCUT2D eigenvalue weighted by Gasteiger charge is 2.38. The van der Waals surface area contributed by atoms with Gasteiger partial charge in [0.1, 0.15) is 12.4 Å². The highest BCUT2D eigenvalue weighted by Crippen LogP contribution is 2.38. The van der Waals surface area contributed by atoms with Crippen LogP contribution in [0.25, 0.3) is 0 Å². The molecule has 4 atom stereocenters. The maximum absolute atomic E-state index is 12.4. The second kappa shape index (κ2) is 17.5. The van der Waals surface area contributed by atoms with E-state index in [-0.39, 0.29) is 36.8 Å². The van der Waals surface area contributed by atoms with Crippen molar-refractivity contribution in [3.8, 4) is 0 Å². The van der Waals surface area contributed by atoms with Gasteiger partial charge < -0.3 is 24.1 Å². The molecule has 0 amide bonds. The van der Waals surface area contributed by atoms with Gasteiger partial charge in [0.25, 0.3) is 0 Å². The van der Waals surface area contributed by atoms with Crippen LogP contribution in [0, 0.1) is 17.8 Å². The molecule has 30 heavy (non-hydrogen) atoms. The zero-order valence-corrected chi connectivity index (χ0v) is 21.0. The fraction of sp³-hybridized carbons (Fsp3) is 0.905. The van der Waals surface area contributed by atoms with Crippen molar-refractivity contribution in [2.45, 2.75) is 43.9 Å². The number of aliphatic hydroxyl groups is 1. The average molecular weight is 560 g/mol. The van der Waals surface area contributed by atoms with E-state index >= 15 is 0 Å². The molecule has 0 aliphatic heterocycles. The van der Waals surface area contributed by atoms with Gasteiger partial charge in [-0.15, -0.1) is 0 Å². The summed E-state index contributed by atoms with van der Waals surface area (Å²) in [5.41, 5.74) is 0. The fourth-order valence-corrected chi connectivity index (χ4v) is 5.23. The lowest BCUT2D eigenvalue weighted by Crippen LogP contribution is -2.26. The van der Waals surface area contributed by atoms with Gasteiger partial charge in [0.15, 0.2) is 0 Å². The van der Waals surface area contributed by atoms with Gasteiger partial charge in [-0.1, -0.05) is 38.8 Å². The molecule has 1 N–H and O–H groups in total. The van der Waals surface area contributed by atoms with Gasteiger partial charge in [-0.3, -0.25) is 9.59 Å². The number of hydrogen-bond acceptors (Lipinski definition) is 7. The molecular weight excluding hydrogens is 524 g/mol. The molecule has 1 rings (SSSR count). The molecule has 0 aromatic heterocycles. The number of carbonyl (C=O) groups excluding carboxylic acids is 2. The number of alkyl halides is 2. The van der Waals surface area contributed by atoms with E-state index in [1.54, 1.807) is 0 Å². The Morgan fingerprint density at radius 2 is 1.70 bits per heavy atom. The third kappa shape index (κ3) is 11.5. The van der Waals surface area contributed by atoms with E-state index in [1.807, 2.05) is 0 Å². The minimum Gasteiger partial charge on any atom is -0.463 e. The number of rotatable bonds is 18. The monoisotopic (exact) mass is 558 g/mol. The fourth-order valence-electron chi connectivity index (χ4n) is 3.61. The summed E-state index contributed by atoms with van der Waals surface area (Å²) in [5, 5.41) is 9.41. The maximum atomic E-state index is 12.4. The lowest BCUT2D eigenvalue weighted by molar-refractivity contribution is -0.146. The van der Waals surface area contributed by atoms with Crippen molar-refractivity contribution in [2.75, 3.05) is 58.2 Å². The van der Waals surface area contributed by atoms with Crippen LogP contribution in [-0.2, 0) is 28.5 Å². The van der Waals surface area contributed by atoms with E-state index in [0.29, 0.717) is 63.2 Å². The quantitative estimate of drug-likeness (QED) is 0.157. The molecule has 4 unspecified atom stereocenters. The molecule has 7 nitrogen and oxygen atoms in total. The van der Waals surface area contributed by atoms with Gasteiger partial charge in [-0.2, -0.15) is 0 Å². The average Bonchev–Trinajstić information content (AvgIpc) is 3.08. The number of hydrogen-bond donors (Lipinski definition) is 1. The van der Waals surface area contributed by atoms with E-state index in [1.165, 1.54) is 0 Å². The third-order valence-corrected chi connectivity index (χ3v) is 7.53. The number of halogens is 2. The van der Waals surface area contributed by atoms with E-state index in [9.17, 15) is 9.59 Å². The summed E-state index contributed by atoms with van der Waals surface area (Å²) in [7, 11) is 0. The molecule has 0 spiro atoms. The Kier molecular flexibility index (Phi) is 16.3. The molecular formula is C21H36Br2O7. The number of esters is 1. The Morgan fingerprint density at radius 1 is 1.10 bits per heavy atom. The van der Waals surface area contributed by atoms with Crippen molar-refractivity contribution in [1.82, 2.24) is 0 Å². The zero-order chi connectivity index (χ0) is 22.2. The Bertz CT molecular complexity index is 478. The van der Waals surface area contributed by atoms with Gasteiger partial charge in [-0.25, -0.2) is 0 Å². The summed E-state index contributed by atoms with van der Waals surface area (Å²) in [5.74, 6) is 0.408. The number of ketones is 1. The first kappa shape index (κ1) is 28.0. The molecule has 0 radical (unpaired) electrons. The van der Waals surface area contributed by atoms with E-state index in [4.69, 9.17) is 24.1 Å². The van der Waals surface area contributed by atoms with E-state index in [0.717, 1.165) is 24.6 Å². The smallest absolute Gasteiger partial charge is 0.306 e. The predicted octanol–water partition coefficient (Wildman–Crippen LogP) is 3.13. The van der Waals surface area contributed by atoms with Gasteiger partial charge in [-0.05, 0) is 31.1 Å². The number of Topliss-reactive ketones (excluding diaryl/α,β-unsaturated/α-hetero) is 1. The van der Waals surface area contributed by atoms with Gasteiger partial charge in [0.05, 0.1) is 46.2 Å². The van der Waals surface area contributed by atoms with Crippen LogP contribution in [0.2, 0.25) is 0 Å². The largest absolute Gasteiger partial charge is 0.463 e. The summed E-state index contributed by atoms with van der Waals surface area (Å²) in [6.45, 7) is 4.70. The van der Waals surface area contributed by atoms with Crippen LogP contribution in [0.4, 0.5) is 0 Å². The standard InChI is InChI=1S/C21H36Br2O7/c1-2-19(23)17(15-22)13-18-16(3-4-20(18)25)14-21(26)30-12-11-29-10-9-28-8-7-27-6-5-24/h16-19,24H,2-15H2,1H3. The van der Waals surface area contributed by atoms with Crippen molar-refractivity contribution in [2.24, 2.45) is 17.8 Å². The van der Waals surface area contributed by atoms with E-state index in [2.05, 4.69) is 38.8 Å². The van der Waals surface area contributed by atoms with Crippen LogP contribution in [0.15, 0.2) is 0 Å². The summed E-state index contributed by atoms with van der Waals surface area (Å²) in [4.78, 5) is 24.9. The first-order chi connectivity index (χ1) is 14.5. The van der Waals surface area contributed by atoms with Crippen LogP contribution in [0.1, 0.15) is 39.0 Å². The van der Waals surface area contributed by atoms with Crippen LogP contribution < -0.4 is 0 Å². The number of carbonyl (C=O) groups is 2. The molecule has 1 aliphatic carbocycles. The second-order valence-corrected chi connectivity index (χ2v) is 9.25. The predicted molar refractivity (Wildman–Crippen MR) is 121 cm³/mol. The topological polar surface area (TPSA) is 91.3 Å². The SMILES string of the molecule is CCC(Br)C(CBr)CC1C(=O)CCC1CC(=O)OCCOCCOCCOCCO. The molecule has 1 fully saturated rings. The molecule has 0 heterocycles. The molecule has 176 valence electrons. The molecule has 1 aliphatic rings. The Hall–Kier alpha value is -0.0600. The van der Waals surface area contributed by atoms with Gasteiger partial charge >= 0.3 is 5.97 Å². The van der Waals surface area contributed by atoms with Crippen LogP contribution in [0.3, 0.4) is 0 Å². The number of ether oxygens (including phenoxy) is 4. The third-order valence-electron chi connectivity index (χ3n) is 5.30. The summed E-state index contributed by atoms with van der Waals surface area (Å²) < 4.78 is 21.0. The minimum absolute atomic E-state index is 0.00703. The lowest BCUT2D eigenvalue weighted by atomic mass is 9.84. The van der Waals surface area contributed by atoms with Gasteiger partial charge in [0.2, 0.25) is 0 Å². The normalized spacial score (nSPS) is 21.0. The van der Waals surface area contributed by atoms with Crippen molar-refractivity contribution in [3.05, 3.63) is 0 Å². The van der Waals surface area contributed by atoms with Crippen molar-refractivity contribution in [1.29, 1.82) is 0 Å². The molecule has 0 aromatic carbocycles. The van der Waals surface area contributed by atoms with Crippen molar-refractivity contribution < 1.29 is 33.6 Å². The van der Waals surface area contributed by atoms with Crippen LogP contribution in [0.5, 0.6) is 0 Å². The van der Waals surface area contributed by atoms with Crippen molar-refractivity contribution in [3.63, 3.8) is 0 Å². The van der Waals surface area contributed by atoms with Crippen molar-refractivity contribution >= 4 is 43.6 Å². The minimum atomic E-state index is -0.262. The van der Waals surface area contributed by atoms with Crippen LogP contribution in [-0.4, -0.2) is 79.9 Å². The Labute approximate surface area is 196 Å². The maximum Gasteiger partial charge on any atom is 0.306 e. The Balaban J connectivity index is 2.17. The summed E-state index contributed by atoms with van der Waals surface area (Å²) in [6.07, 6.45) is 3.43. The number of aliphatic hydroxyl groups excluding tert-OH is 1. The van der Waals surface area contributed by atoms with Gasteiger partial charge in [0, 0.05) is 28.9 Å². The molecule has 0 saturated heterocycles. The highest BCUT2D eigenvalue weighted by atomic mass is 79.9. The Morgan fingerprint density at radius 3 is 2.27 bits per heavy atom. The first-order valence-corrected chi connectivity index (χ1v) is 12.8. The molecule has 0 bridgehead atoms. The lowest BCUT2D eigenvalue weighted by Gasteiger charge is -2.25.